The number of amides is 1. The first-order chi connectivity index (χ1) is 9.13. The van der Waals surface area contributed by atoms with Gasteiger partial charge in [-0.05, 0) is 19.3 Å². The molecule has 1 aliphatic heterocycles. The van der Waals surface area contributed by atoms with Gasteiger partial charge in [0, 0.05) is 31.2 Å². The van der Waals surface area contributed by atoms with Crippen molar-refractivity contribution in [2.75, 3.05) is 13.1 Å². The molecule has 102 valence electrons. The molecule has 2 aliphatic rings. The lowest BCUT2D eigenvalue weighted by atomic mass is 10.2. The molecule has 1 aromatic rings. The van der Waals surface area contributed by atoms with Gasteiger partial charge in [0.1, 0.15) is 0 Å². The van der Waals surface area contributed by atoms with Crippen LogP contribution in [-0.4, -0.2) is 52.2 Å². The largest absolute Gasteiger partial charge is 0.475 e. The lowest BCUT2D eigenvalue weighted by Gasteiger charge is -2.15. The van der Waals surface area contributed by atoms with Gasteiger partial charge in [0.2, 0.25) is 5.76 Å². The molecule has 0 radical (unpaired) electrons. The number of aromatic nitrogens is 1. The van der Waals surface area contributed by atoms with Gasteiger partial charge in [-0.1, -0.05) is 5.16 Å². The van der Waals surface area contributed by atoms with Crippen molar-refractivity contribution in [3.63, 3.8) is 0 Å². The minimum Gasteiger partial charge on any atom is -0.475 e. The highest BCUT2D eigenvalue weighted by Crippen LogP contribution is 2.29. The molecule has 1 amide bonds. The van der Waals surface area contributed by atoms with Crippen LogP contribution in [0, 0.1) is 0 Å². The minimum absolute atomic E-state index is 0.0160. The maximum Gasteiger partial charge on any atom is 0.374 e. The standard InChI is InChI=1S/C12H15N3O4/c16-11(9-5-10(12(17)18)19-14-9)13-7-3-4-15(6-7)8-1-2-8/h5,7-8H,1-4,6H2,(H,13,16)(H,17,18). The van der Waals surface area contributed by atoms with Gasteiger partial charge >= 0.3 is 5.97 Å². The van der Waals surface area contributed by atoms with Crippen LogP contribution in [0.25, 0.3) is 0 Å². The van der Waals surface area contributed by atoms with Crippen molar-refractivity contribution >= 4 is 11.9 Å². The topological polar surface area (TPSA) is 95.7 Å². The molecule has 7 nitrogen and oxygen atoms in total. The molecule has 1 atom stereocenters. The Kier molecular flexibility index (Phi) is 2.98. The lowest BCUT2D eigenvalue weighted by molar-refractivity contribution is 0.0651. The number of carbonyl (C=O) groups excluding carboxylic acids is 1. The van der Waals surface area contributed by atoms with E-state index in [0.717, 1.165) is 25.6 Å². The van der Waals surface area contributed by atoms with Gasteiger partial charge in [-0.3, -0.25) is 9.69 Å². The van der Waals surface area contributed by atoms with E-state index in [4.69, 9.17) is 5.11 Å². The fourth-order valence-electron chi connectivity index (χ4n) is 2.42. The Morgan fingerprint density at radius 3 is 2.84 bits per heavy atom. The molecule has 0 bridgehead atoms. The van der Waals surface area contributed by atoms with E-state index in [2.05, 4.69) is 19.9 Å². The minimum atomic E-state index is -1.23. The van der Waals surface area contributed by atoms with Crippen LogP contribution in [0.15, 0.2) is 10.6 Å². The number of carboxylic acids is 1. The van der Waals surface area contributed by atoms with Gasteiger partial charge < -0.3 is 14.9 Å². The number of aromatic carboxylic acids is 1. The Bertz CT molecular complexity index is 509. The first kappa shape index (κ1) is 12.2. The van der Waals surface area contributed by atoms with Gasteiger partial charge in [0.05, 0.1) is 0 Å². The Morgan fingerprint density at radius 1 is 1.42 bits per heavy atom. The van der Waals surface area contributed by atoms with Crippen molar-refractivity contribution in [1.82, 2.24) is 15.4 Å². The van der Waals surface area contributed by atoms with Crippen molar-refractivity contribution in [1.29, 1.82) is 0 Å². The quantitative estimate of drug-likeness (QED) is 0.815. The molecule has 1 saturated heterocycles. The number of carbonyl (C=O) groups is 2. The van der Waals surface area contributed by atoms with E-state index in [1.807, 2.05) is 0 Å². The van der Waals surface area contributed by atoms with E-state index in [0.29, 0.717) is 6.04 Å². The number of nitrogens with one attached hydrogen (secondary N) is 1. The first-order valence-electron chi connectivity index (χ1n) is 6.38. The predicted molar refractivity (Wildman–Crippen MR) is 63.9 cm³/mol. The molecular formula is C12H15N3O4. The molecule has 2 heterocycles. The number of hydrogen-bond donors (Lipinski definition) is 2. The fourth-order valence-corrected chi connectivity index (χ4v) is 2.42. The van der Waals surface area contributed by atoms with Gasteiger partial charge in [0.15, 0.2) is 5.69 Å². The van der Waals surface area contributed by atoms with Gasteiger partial charge in [0.25, 0.3) is 5.91 Å². The SMILES string of the molecule is O=C(NC1CCN(C2CC2)C1)c1cc(C(=O)O)on1. The summed E-state index contributed by atoms with van der Waals surface area (Å²) in [6.07, 6.45) is 3.43. The molecule has 1 unspecified atom stereocenters. The summed E-state index contributed by atoms with van der Waals surface area (Å²) >= 11 is 0. The van der Waals surface area contributed by atoms with Gasteiger partial charge in [-0.15, -0.1) is 0 Å². The average Bonchev–Trinajstić information content (AvgIpc) is 2.92. The Labute approximate surface area is 109 Å². The molecule has 1 aliphatic carbocycles. The summed E-state index contributed by atoms with van der Waals surface area (Å²) in [4.78, 5) is 24.9. The summed E-state index contributed by atoms with van der Waals surface area (Å²) in [6, 6.07) is 1.95. The zero-order valence-electron chi connectivity index (χ0n) is 10.3. The van der Waals surface area contributed by atoms with E-state index in [1.54, 1.807) is 0 Å². The highest BCUT2D eigenvalue weighted by atomic mass is 16.5. The van der Waals surface area contributed by atoms with E-state index in [1.165, 1.54) is 12.8 Å². The monoisotopic (exact) mass is 265 g/mol. The van der Waals surface area contributed by atoms with Crippen molar-refractivity contribution in [3.8, 4) is 0 Å². The third-order valence-corrected chi connectivity index (χ3v) is 3.57. The van der Waals surface area contributed by atoms with E-state index < -0.39 is 5.97 Å². The summed E-state index contributed by atoms with van der Waals surface area (Å²) < 4.78 is 4.56. The normalized spacial score (nSPS) is 23.5. The molecule has 1 aromatic heterocycles. The van der Waals surface area contributed by atoms with Crippen LogP contribution in [0.4, 0.5) is 0 Å². The van der Waals surface area contributed by atoms with E-state index in [-0.39, 0.29) is 23.4 Å². The summed E-state index contributed by atoms with van der Waals surface area (Å²) in [5.41, 5.74) is 0.0160. The second kappa shape index (κ2) is 4.65. The Hall–Kier alpha value is -1.89. The second-order valence-corrected chi connectivity index (χ2v) is 5.07. The molecule has 2 fully saturated rings. The van der Waals surface area contributed by atoms with Crippen molar-refractivity contribution in [2.24, 2.45) is 0 Å². The number of rotatable bonds is 4. The summed E-state index contributed by atoms with van der Waals surface area (Å²) in [6.45, 7) is 1.87. The lowest BCUT2D eigenvalue weighted by Crippen LogP contribution is -2.37. The highest BCUT2D eigenvalue weighted by Gasteiger charge is 2.35. The number of hydrogen-bond acceptors (Lipinski definition) is 5. The summed E-state index contributed by atoms with van der Waals surface area (Å²) in [5.74, 6) is -1.93. The number of carboxylic acid groups (broad SMARTS) is 1. The van der Waals surface area contributed by atoms with Crippen LogP contribution in [0.1, 0.15) is 40.3 Å². The molecular weight excluding hydrogens is 250 g/mol. The van der Waals surface area contributed by atoms with Crippen LogP contribution >= 0.6 is 0 Å². The Balaban J connectivity index is 1.57. The van der Waals surface area contributed by atoms with Gasteiger partial charge in [-0.2, -0.15) is 0 Å². The summed E-state index contributed by atoms with van der Waals surface area (Å²) in [7, 11) is 0. The zero-order valence-corrected chi connectivity index (χ0v) is 10.3. The van der Waals surface area contributed by atoms with Crippen LogP contribution in [0.5, 0.6) is 0 Å². The average molecular weight is 265 g/mol. The third-order valence-electron chi connectivity index (χ3n) is 3.57. The van der Waals surface area contributed by atoms with E-state index >= 15 is 0 Å². The first-order valence-corrected chi connectivity index (χ1v) is 6.38. The van der Waals surface area contributed by atoms with Gasteiger partial charge in [-0.25, -0.2) is 4.79 Å². The molecule has 7 heteroatoms. The van der Waals surface area contributed by atoms with Crippen LogP contribution in [-0.2, 0) is 0 Å². The van der Waals surface area contributed by atoms with Crippen molar-refractivity contribution < 1.29 is 19.2 Å². The number of nitrogens with zero attached hydrogens (tertiary/aromatic N) is 2. The van der Waals surface area contributed by atoms with E-state index in [9.17, 15) is 9.59 Å². The maximum atomic E-state index is 11.9. The predicted octanol–water partition coefficient (Wildman–Crippen LogP) is 0.339. The second-order valence-electron chi connectivity index (χ2n) is 5.07. The molecule has 3 rings (SSSR count). The molecule has 0 spiro atoms. The molecule has 1 saturated carbocycles. The molecule has 19 heavy (non-hydrogen) atoms. The molecule has 0 aromatic carbocycles. The Morgan fingerprint density at radius 2 is 2.21 bits per heavy atom. The zero-order chi connectivity index (χ0) is 13.4. The third kappa shape index (κ3) is 2.60. The maximum absolute atomic E-state index is 11.9. The molecule has 2 N–H and O–H groups in total. The smallest absolute Gasteiger partial charge is 0.374 e. The van der Waals surface area contributed by atoms with Crippen molar-refractivity contribution in [2.45, 2.75) is 31.3 Å². The highest BCUT2D eigenvalue weighted by molar-refractivity contribution is 5.94. The van der Waals surface area contributed by atoms with Crippen LogP contribution < -0.4 is 5.32 Å². The van der Waals surface area contributed by atoms with Crippen molar-refractivity contribution in [3.05, 3.63) is 17.5 Å². The fraction of sp³-hybridized carbons (Fsp3) is 0.583. The van der Waals surface area contributed by atoms with Crippen LogP contribution in [0.3, 0.4) is 0 Å². The number of likely N-dealkylation sites (tertiary alicyclic amines) is 1. The van der Waals surface area contributed by atoms with Crippen LogP contribution in [0.2, 0.25) is 0 Å². The summed E-state index contributed by atoms with van der Waals surface area (Å²) in [5, 5.41) is 15.0.